The van der Waals surface area contributed by atoms with Gasteiger partial charge in [-0.2, -0.15) is 0 Å². The van der Waals surface area contributed by atoms with Crippen molar-refractivity contribution in [2.24, 2.45) is 0 Å². The molecule has 0 radical (unpaired) electrons. The number of ether oxygens (including phenoxy) is 3. The van der Waals surface area contributed by atoms with Crippen LogP contribution >= 0.6 is 11.6 Å². The number of aliphatic carboxylic acids is 1. The number of benzene rings is 3. The fourth-order valence-electron chi connectivity index (χ4n) is 3.67. The number of carbonyl (C=O) groups excluding carboxylic acids is 1. The Labute approximate surface area is 223 Å². The Morgan fingerprint density at radius 2 is 1.46 bits per heavy atom. The molecule has 1 atom stereocenters. The van der Waals surface area contributed by atoms with Gasteiger partial charge in [0.1, 0.15) is 17.2 Å². The van der Waals surface area contributed by atoms with Crippen molar-refractivity contribution < 1.29 is 28.9 Å². The molecule has 1 unspecified atom stereocenters. The average Bonchev–Trinajstić information content (AvgIpc) is 2.90. The molecule has 3 aromatic rings. The third-order valence-corrected chi connectivity index (χ3v) is 6.13. The third kappa shape index (κ3) is 8.83. The van der Waals surface area contributed by atoms with E-state index in [4.69, 9.17) is 30.9 Å². The lowest BCUT2D eigenvalue weighted by molar-refractivity contribution is -0.144. The number of esters is 1. The fraction of sp³-hybridized carbons (Fsp3) is 0.333. The second-order valence-electron chi connectivity index (χ2n) is 8.80. The molecule has 0 aromatic heterocycles. The van der Waals surface area contributed by atoms with Crippen molar-refractivity contribution in [1.29, 1.82) is 0 Å². The molecule has 0 aliphatic carbocycles. The summed E-state index contributed by atoms with van der Waals surface area (Å²) < 4.78 is 16.5. The first-order valence-corrected chi connectivity index (χ1v) is 13.0. The van der Waals surface area contributed by atoms with Gasteiger partial charge in [0, 0.05) is 0 Å². The lowest BCUT2D eigenvalue weighted by atomic mass is 10.0. The fourth-order valence-corrected chi connectivity index (χ4v) is 3.90. The summed E-state index contributed by atoms with van der Waals surface area (Å²) in [6.07, 6.45) is 6.25. The third-order valence-electron chi connectivity index (χ3n) is 5.84. The van der Waals surface area contributed by atoms with Crippen LogP contribution in [0.5, 0.6) is 17.2 Å². The molecule has 0 bridgehead atoms. The van der Waals surface area contributed by atoms with Crippen molar-refractivity contribution >= 4 is 23.5 Å². The van der Waals surface area contributed by atoms with Crippen molar-refractivity contribution in [2.45, 2.75) is 58.5 Å². The summed E-state index contributed by atoms with van der Waals surface area (Å²) in [6, 6.07) is 19.0. The zero-order valence-electron chi connectivity index (χ0n) is 21.2. The highest BCUT2D eigenvalue weighted by Crippen LogP contribution is 2.31. The smallest absolute Gasteiger partial charge is 0.344 e. The highest BCUT2D eigenvalue weighted by molar-refractivity contribution is 6.32. The number of hydrogen-bond acceptors (Lipinski definition) is 5. The molecule has 37 heavy (non-hydrogen) atoms. The molecule has 1 N–H and O–H groups in total. The first kappa shape index (κ1) is 28.1. The van der Waals surface area contributed by atoms with Crippen molar-refractivity contribution in [3.63, 3.8) is 0 Å². The Morgan fingerprint density at radius 1 is 0.838 bits per heavy atom. The van der Waals surface area contributed by atoms with Crippen LogP contribution in [-0.2, 0) is 4.79 Å². The first-order valence-electron chi connectivity index (χ1n) is 12.6. The summed E-state index contributed by atoms with van der Waals surface area (Å²) >= 11 is 6.45. The van der Waals surface area contributed by atoms with Crippen LogP contribution in [0.2, 0.25) is 5.02 Å². The number of halogens is 1. The quantitative estimate of drug-likeness (QED) is 0.131. The van der Waals surface area contributed by atoms with Crippen LogP contribution < -0.4 is 14.2 Å². The van der Waals surface area contributed by atoms with Gasteiger partial charge < -0.3 is 19.3 Å². The number of carbonyl (C=O) groups is 2. The van der Waals surface area contributed by atoms with Gasteiger partial charge >= 0.3 is 11.9 Å². The van der Waals surface area contributed by atoms with Gasteiger partial charge in [0.05, 0.1) is 17.2 Å². The minimum absolute atomic E-state index is 0.327. The van der Waals surface area contributed by atoms with Gasteiger partial charge in [-0.05, 0) is 73.0 Å². The highest BCUT2D eigenvalue weighted by Gasteiger charge is 2.13. The van der Waals surface area contributed by atoms with Crippen molar-refractivity contribution in [1.82, 2.24) is 0 Å². The SMILES string of the molecule is CCCCCCCCOc1ccc(-c2ccc(C(=O)Oc3ccc(OC(C)C(=O)O)cc3)cc2)cc1Cl. The maximum atomic E-state index is 12.5. The average molecular weight is 525 g/mol. The molecule has 0 heterocycles. The van der Waals surface area contributed by atoms with Crippen LogP contribution in [0.25, 0.3) is 11.1 Å². The van der Waals surface area contributed by atoms with Gasteiger partial charge in [0.2, 0.25) is 0 Å². The maximum Gasteiger partial charge on any atom is 0.344 e. The summed E-state index contributed by atoms with van der Waals surface area (Å²) in [5.74, 6) is -0.193. The maximum absolute atomic E-state index is 12.5. The zero-order valence-corrected chi connectivity index (χ0v) is 22.0. The van der Waals surface area contributed by atoms with Crippen LogP contribution in [0.3, 0.4) is 0 Å². The van der Waals surface area contributed by atoms with E-state index >= 15 is 0 Å². The van der Waals surface area contributed by atoms with Crippen molar-refractivity contribution in [3.05, 3.63) is 77.3 Å². The van der Waals surface area contributed by atoms with E-state index in [9.17, 15) is 9.59 Å². The van der Waals surface area contributed by atoms with E-state index in [1.54, 1.807) is 36.4 Å². The number of unbranched alkanes of at least 4 members (excludes halogenated alkanes) is 5. The van der Waals surface area contributed by atoms with Crippen LogP contribution in [0.4, 0.5) is 0 Å². The van der Waals surface area contributed by atoms with E-state index in [1.165, 1.54) is 32.6 Å². The predicted molar refractivity (Wildman–Crippen MR) is 145 cm³/mol. The monoisotopic (exact) mass is 524 g/mol. The zero-order chi connectivity index (χ0) is 26.6. The molecule has 0 amide bonds. The molecule has 0 spiro atoms. The number of carboxylic acid groups (broad SMARTS) is 1. The molecule has 0 saturated carbocycles. The van der Waals surface area contributed by atoms with E-state index < -0.39 is 18.0 Å². The molecule has 0 fully saturated rings. The summed E-state index contributed by atoms with van der Waals surface area (Å²) in [7, 11) is 0. The number of carboxylic acids is 1. The second-order valence-corrected chi connectivity index (χ2v) is 9.21. The lowest BCUT2D eigenvalue weighted by Crippen LogP contribution is -2.22. The normalized spacial score (nSPS) is 11.5. The largest absolute Gasteiger partial charge is 0.492 e. The molecule has 6 nitrogen and oxygen atoms in total. The molecule has 3 rings (SSSR count). The molecule has 196 valence electrons. The predicted octanol–water partition coefficient (Wildman–Crippen LogP) is 7.82. The molecule has 0 saturated heterocycles. The highest BCUT2D eigenvalue weighted by atomic mass is 35.5. The summed E-state index contributed by atoms with van der Waals surface area (Å²) in [5.41, 5.74) is 2.23. The second kappa shape index (κ2) is 14.3. The number of rotatable bonds is 14. The standard InChI is InChI=1S/C30H33ClO6/c1-3-4-5-6-7-8-19-35-28-18-13-24(20-27(28)31)22-9-11-23(12-10-22)30(34)37-26-16-14-25(15-17-26)36-21(2)29(32)33/h9-18,20-21H,3-8,19H2,1-2H3,(H,32,33). The van der Waals surface area contributed by atoms with Crippen LogP contribution in [0, 0.1) is 0 Å². The van der Waals surface area contributed by atoms with Crippen LogP contribution in [-0.4, -0.2) is 29.8 Å². The van der Waals surface area contributed by atoms with Crippen molar-refractivity contribution in [2.75, 3.05) is 6.61 Å². The molecular formula is C30H33ClO6. The van der Waals surface area contributed by atoms with E-state index in [0.29, 0.717) is 34.4 Å². The topological polar surface area (TPSA) is 82.1 Å². The summed E-state index contributed by atoms with van der Waals surface area (Å²) in [5, 5.41) is 9.48. The minimum atomic E-state index is -1.06. The van der Waals surface area contributed by atoms with Gasteiger partial charge in [0.25, 0.3) is 0 Å². The summed E-state index contributed by atoms with van der Waals surface area (Å²) in [4.78, 5) is 23.4. The molecular weight excluding hydrogens is 492 g/mol. The van der Waals surface area contributed by atoms with E-state index in [-0.39, 0.29) is 0 Å². The Balaban J connectivity index is 1.52. The van der Waals surface area contributed by atoms with E-state index in [1.807, 2.05) is 30.3 Å². The Bertz CT molecular complexity index is 1160. The van der Waals surface area contributed by atoms with Gasteiger partial charge in [-0.15, -0.1) is 0 Å². The first-order chi connectivity index (χ1) is 17.9. The molecule has 0 aliphatic heterocycles. The van der Waals surface area contributed by atoms with Crippen molar-refractivity contribution in [3.8, 4) is 28.4 Å². The Morgan fingerprint density at radius 3 is 2.11 bits per heavy atom. The van der Waals surface area contributed by atoms with Gasteiger partial charge in [-0.1, -0.05) is 68.8 Å². The van der Waals surface area contributed by atoms with Gasteiger partial charge in [-0.25, -0.2) is 9.59 Å². The van der Waals surface area contributed by atoms with E-state index in [0.717, 1.165) is 24.0 Å². The van der Waals surface area contributed by atoms with Gasteiger partial charge in [0.15, 0.2) is 6.10 Å². The minimum Gasteiger partial charge on any atom is -0.492 e. The molecule has 7 heteroatoms. The molecule has 0 aliphatic rings. The molecule has 3 aromatic carbocycles. The Hall–Kier alpha value is -3.51. The van der Waals surface area contributed by atoms with Crippen LogP contribution in [0.15, 0.2) is 66.7 Å². The van der Waals surface area contributed by atoms with Crippen LogP contribution in [0.1, 0.15) is 62.7 Å². The Kier molecular flexibility index (Phi) is 10.8. The number of hydrogen-bond donors (Lipinski definition) is 1. The lowest BCUT2D eigenvalue weighted by Gasteiger charge is -2.11. The summed E-state index contributed by atoms with van der Waals surface area (Å²) in [6.45, 7) is 4.30. The van der Waals surface area contributed by atoms with E-state index in [2.05, 4.69) is 6.92 Å². The van der Waals surface area contributed by atoms with Gasteiger partial charge in [-0.3, -0.25) is 0 Å².